The number of rotatable bonds is 9. The molecule has 1 amide bonds. The Morgan fingerprint density at radius 1 is 0.955 bits per heavy atom. The number of phenolic OH excluding ortho intramolecular Hbond substituents is 1. The molecule has 44 heavy (non-hydrogen) atoms. The molecule has 1 saturated carbocycles. The summed E-state index contributed by atoms with van der Waals surface area (Å²) < 4.78 is 11.4. The van der Waals surface area contributed by atoms with Crippen LogP contribution in [0.4, 0.5) is 0 Å². The second kappa shape index (κ2) is 12.3. The minimum atomic E-state index is -1.24. The molecule has 2 unspecified atom stereocenters. The average Bonchev–Trinajstić information content (AvgIpc) is 3.64. The van der Waals surface area contributed by atoms with E-state index in [1.807, 2.05) is 0 Å². The van der Waals surface area contributed by atoms with Crippen LogP contribution in [0.5, 0.6) is 5.75 Å². The lowest BCUT2D eigenvalue weighted by Gasteiger charge is -2.17. The smallest absolute Gasteiger partial charge is 0.336 e. The molecule has 3 aliphatic carbocycles. The maximum Gasteiger partial charge on any atom is 0.336 e. The number of amides is 1. The Labute approximate surface area is 253 Å². The number of nitrogens with one attached hydrogen (secondary N) is 1. The van der Waals surface area contributed by atoms with E-state index >= 15 is 0 Å². The molecule has 2 atom stereocenters. The van der Waals surface area contributed by atoms with Crippen LogP contribution in [0.1, 0.15) is 59.2 Å². The highest BCUT2D eigenvalue weighted by molar-refractivity contribution is 6.09. The molecule has 4 aliphatic rings. The van der Waals surface area contributed by atoms with Gasteiger partial charge < -0.3 is 24.7 Å². The molecule has 0 radical (unpaired) electrons. The van der Waals surface area contributed by atoms with Gasteiger partial charge in [0.25, 0.3) is 5.91 Å². The number of aromatic carboxylic acids is 1. The Kier molecular flexibility index (Phi) is 8.07. The van der Waals surface area contributed by atoms with Crippen LogP contribution in [0.15, 0.2) is 63.8 Å². The number of carbonyl (C=O) groups excluding carboxylic acids is 2. The van der Waals surface area contributed by atoms with E-state index in [0.29, 0.717) is 52.9 Å². The van der Waals surface area contributed by atoms with Crippen molar-refractivity contribution in [3.8, 4) is 40.0 Å². The topological polar surface area (TPSA) is 143 Å². The van der Waals surface area contributed by atoms with E-state index in [9.17, 15) is 29.4 Å². The third-order valence-corrected chi connectivity index (χ3v) is 8.58. The van der Waals surface area contributed by atoms with E-state index in [0.717, 1.165) is 25.7 Å². The minimum absolute atomic E-state index is 0.0505. The van der Waals surface area contributed by atoms with Crippen molar-refractivity contribution in [2.24, 2.45) is 17.8 Å². The molecule has 9 nitrogen and oxygen atoms in total. The number of aromatic hydroxyl groups is 1. The summed E-state index contributed by atoms with van der Waals surface area (Å²) in [6.45, 7) is 0.657. The summed E-state index contributed by atoms with van der Waals surface area (Å²) in [5.41, 5.74) is 1.34. The highest BCUT2D eigenvalue weighted by Crippen LogP contribution is 2.52. The van der Waals surface area contributed by atoms with E-state index in [-0.39, 0.29) is 52.6 Å². The van der Waals surface area contributed by atoms with Gasteiger partial charge in [-0.2, -0.15) is 0 Å². The van der Waals surface area contributed by atoms with Crippen molar-refractivity contribution in [3.63, 3.8) is 0 Å². The van der Waals surface area contributed by atoms with Gasteiger partial charge in [0.1, 0.15) is 17.1 Å². The Morgan fingerprint density at radius 3 is 2.45 bits per heavy atom. The monoisotopic (exact) mass is 593 g/mol. The predicted molar refractivity (Wildman–Crippen MR) is 162 cm³/mol. The van der Waals surface area contributed by atoms with Crippen molar-refractivity contribution in [2.45, 2.75) is 38.5 Å². The van der Waals surface area contributed by atoms with Crippen molar-refractivity contribution in [1.82, 2.24) is 5.32 Å². The molecule has 2 aromatic rings. The second-order valence-electron chi connectivity index (χ2n) is 11.3. The number of esters is 1. The maximum absolute atomic E-state index is 12.9. The van der Waals surface area contributed by atoms with Crippen LogP contribution in [-0.4, -0.2) is 41.2 Å². The Bertz CT molecular complexity index is 1840. The number of fused-ring (bicyclic) bond motifs is 3. The van der Waals surface area contributed by atoms with Gasteiger partial charge in [-0.25, -0.2) is 4.79 Å². The molecule has 6 rings (SSSR count). The van der Waals surface area contributed by atoms with Crippen molar-refractivity contribution in [3.05, 3.63) is 75.9 Å². The molecule has 1 fully saturated rings. The number of hydrogen-bond donors (Lipinski definition) is 3. The molecule has 0 aromatic heterocycles. The molecule has 9 heteroatoms. The van der Waals surface area contributed by atoms with E-state index in [2.05, 4.69) is 17.2 Å². The normalized spacial score (nSPS) is 18.8. The minimum Gasteiger partial charge on any atom is -0.508 e. The van der Waals surface area contributed by atoms with Crippen molar-refractivity contribution >= 4 is 28.8 Å². The highest BCUT2D eigenvalue weighted by atomic mass is 16.5. The Balaban J connectivity index is 1.12. The predicted octanol–water partition coefficient (Wildman–Crippen LogP) is 5.46. The fraction of sp³-hybridized carbons (Fsp3) is 0.314. The number of hydrogen-bond acceptors (Lipinski definition) is 7. The van der Waals surface area contributed by atoms with Crippen LogP contribution in [0.2, 0.25) is 0 Å². The largest absolute Gasteiger partial charge is 0.508 e. The number of ether oxygens (including phenoxy) is 1. The zero-order valence-corrected chi connectivity index (χ0v) is 23.9. The lowest BCUT2D eigenvalue weighted by atomic mass is 9.90. The summed E-state index contributed by atoms with van der Waals surface area (Å²) in [6.07, 6.45) is 4.51. The molecule has 1 heterocycles. The van der Waals surface area contributed by atoms with Crippen molar-refractivity contribution in [1.29, 1.82) is 0 Å². The van der Waals surface area contributed by atoms with Gasteiger partial charge in [0.2, 0.25) is 0 Å². The standard InChI is InChI=1S/C35H31NO8/c37-21-10-13-26-30(17-21)44-31-18-22(38)11-14-27(31)33(26)25-12-9-20(16-28(25)35(41)42)34(40)36-15-5-8-32(39)43-19-29-23-6-3-1-2-4-7-24(23)29/h9-14,16-18,23-24,29,37H,3-8,15,19H2,(H,36,40)(H,41,42). The van der Waals surface area contributed by atoms with Gasteiger partial charge in [0, 0.05) is 60.0 Å². The quantitative estimate of drug-likeness (QED) is 0.100. The molecular weight excluding hydrogens is 562 g/mol. The molecule has 2 aromatic carbocycles. The summed E-state index contributed by atoms with van der Waals surface area (Å²) in [5.74, 6) is 6.16. The summed E-state index contributed by atoms with van der Waals surface area (Å²) in [5, 5.41) is 23.4. The van der Waals surface area contributed by atoms with E-state index in [4.69, 9.17) is 9.15 Å². The fourth-order valence-corrected chi connectivity index (χ4v) is 6.31. The Hall–Kier alpha value is -5.10. The zero-order valence-electron chi connectivity index (χ0n) is 23.9. The first-order valence-electron chi connectivity index (χ1n) is 14.8. The van der Waals surface area contributed by atoms with Crippen LogP contribution in [0, 0.1) is 29.6 Å². The number of carbonyl (C=O) groups is 3. The van der Waals surface area contributed by atoms with Crippen LogP contribution < -0.4 is 10.7 Å². The molecule has 0 bridgehead atoms. The number of benzene rings is 3. The molecule has 224 valence electrons. The number of carboxylic acids is 1. The third kappa shape index (κ3) is 6.02. The first-order chi connectivity index (χ1) is 21.3. The number of phenols is 1. The first kappa shape index (κ1) is 29.0. The molecule has 1 aliphatic heterocycles. The van der Waals surface area contributed by atoms with Crippen LogP contribution in [0.25, 0.3) is 33.4 Å². The molecular formula is C35H31NO8. The SMILES string of the molecule is O=C(CCCNC(=O)c1ccc(-c2c3ccc(=O)cc-3oc3cc(O)ccc23)c(C(=O)O)c1)OCC1C2CCC#CCCC21. The summed E-state index contributed by atoms with van der Waals surface area (Å²) in [6, 6.07) is 13.1. The summed E-state index contributed by atoms with van der Waals surface area (Å²) in [4.78, 5) is 49.7. The van der Waals surface area contributed by atoms with Gasteiger partial charge in [0.05, 0.1) is 12.2 Å². The van der Waals surface area contributed by atoms with Crippen molar-refractivity contribution < 1.29 is 33.8 Å². The first-order valence-corrected chi connectivity index (χ1v) is 14.8. The molecule has 3 N–H and O–H groups in total. The zero-order chi connectivity index (χ0) is 30.8. The van der Waals surface area contributed by atoms with Gasteiger partial charge in [-0.1, -0.05) is 6.07 Å². The molecule has 0 spiro atoms. The lowest BCUT2D eigenvalue weighted by Crippen LogP contribution is -2.25. The van der Waals surface area contributed by atoms with Gasteiger partial charge in [-0.15, -0.1) is 11.8 Å². The fourth-order valence-electron chi connectivity index (χ4n) is 6.31. The summed E-state index contributed by atoms with van der Waals surface area (Å²) >= 11 is 0. The van der Waals surface area contributed by atoms with Crippen LogP contribution in [-0.2, 0) is 9.53 Å². The highest BCUT2D eigenvalue weighted by Gasteiger charge is 2.49. The lowest BCUT2D eigenvalue weighted by molar-refractivity contribution is -0.144. The van der Waals surface area contributed by atoms with Crippen molar-refractivity contribution in [2.75, 3.05) is 13.2 Å². The average molecular weight is 594 g/mol. The maximum atomic E-state index is 12.9. The van der Waals surface area contributed by atoms with E-state index < -0.39 is 11.9 Å². The van der Waals surface area contributed by atoms with Gasteiger partial charge in [-0.3, -0.25) is 14.4 Å². The van der Waals surface area contributed by atoms with Crippen LogP contribution in [0.3, 0.4) is 0 Å². The summed E-state index contributed by atoms with van der Waals surface area (Å²) in [7, 11) is 0. The van der Waals surface area contributed by atoms with Gasteiger partial charge >= 0.3 is 11.9 Å². The van der Waals surface area contributed by atoms with Gasteiger partial charge in [-0.05, 0) is 79.0 Å². The van der Waals surface area contributed by atoms with Crippen LogP contribution >= 0.6 is 0 Å². The third-order valence-electron chi connectivity index (χ3n) is 8.58. The Morgan fingerprint density at radius 2 is 1.70 bits per heavy atom. The van der Waals surface area contributed by atoms with E-state index in [1.54, 1.807) is 18.2 Å². The molecule has 0 saturated heterocycles. The number of carboxylic acid groups (broad SMARTS) is 1. The van der Waals surface area contributed by atoms with Gasteiger partial charge in [0.15, 0.2) is 5.43 Å². The second-order valence-corrected chi connectivity index (χ2v) is 11.3. The van der Waals surface area contributed by atoms with E-state index in [1.165, 1.54) is 36.4 Å².